The Labute approximate surface area is 166 Å². The summed E-state index contributed by atoms with van der Waals surface area (Å²) in [6, 6.07) is 13.7. The summed E-state index contributed by atoms with van der Waals surface area (Å²) >= 11 is 0. The van der Waals surface area contributed by atoms with E-state index in [0.29, 0.717) is 25.3 Å². The van der Waals surface area contributed by atoms with E-state index in [-0.39, 0.29) is 29.7 Å². The number of phenols is 1. The number of benzene rings is 2. The van der Waals surface area contributed by atoms with E-state index in [9.17, 15) is 5.11 Å². The summed E-state index contributed by atoms with van der Waals surface area (Å²) < 4.78 is 5.09. The first kappa shape index (κ1) is 21.1. The number of hydrogen-bond acceptors (Lipinski definition) is 3. The highest BCUT2D eigenvalue weighted by molar-refractivity contribution is 14.0. The number of nitrogens with zero attached hydrogens (tertiary/aromatic N) is 1. The van der Waals surface area contributed by atoms with Crippen LogP contribution in [-0.4, -0.2) is 31.8 Å². The van der Waals surface area contributed by atoms with Crippen LogP contribution in [0, 0.1) is 6.92 Å². The number of guanidine groups is 1. The van der Waals surface area contributed by atoms with E-state index >= 15 is 0 Å². The highest BCUT2D eigenvalue weighted by atomic mass is 127. The van der Waals surface area contributed by atoms with Crippen LogP contribution in [0.15, 0.2) is 47.5 Å². The van der Waals surface area contributed by atoms with E-state index in [1.165, 1.54) is 11.1 Å². The van der Waals surface area contributed by atoms with Gasteiger partial charge < -0.3 is 20.5 Å². The van der Waals surface area contributed by atoms with Crippen LogP contribution in [0.4, 0.5) is 0 Å². The normalized spacial score (nSPS) is 10.8. The Hall–Kier alpha value is -1.96. The van der Waals surface area contributed by atoms with Gasteiger partial charge in [0.2, 0.25) is 0 Å². The fraction of sp³-hybridized carbons (Fsp3) is 0.316. The molecule has 0 fully saturated rings. The average Bonchev–Trinajstić information content (AvgIpc) is 2.60. The van der Waals surface area contributed by atoms with Gasteiger partial charge in [-0.2, -0.15) is 0 Å². The molecule has 136 valence electrons. The summed E-state index contributed by atoms with van der Waals surface area (Å²) in [5.41, 5.74) is 3.33. The van der Waals surface area contributed by atoms with E-state index in [0.717, 1.165) is 11.5 Å². The largest absolute Gasteiger partial charge is 0.508 e. The van der Waals surface area contributed by atoms with Crippen LogP contribution in [0.2, 0.25) is 0 Å². The van der Waals surface area contributed by atoms with Gasteiger partial charge in [0.05, 0.1) is 7.11 Å². The molecule has 0 aliphatic carbocycles. The predicted molar refractivity (Wildman–Crippen MR) is 113 cm³/mol. The molecule has 2 aromatic rings. The van der Waals surface area contributed by atoms with Crippen LogP contribution in [0.25, 0.3) is 0 Å². The van der Waals surface area contributed by atoms with Gasteiger partial charge in [0.15, 0.2) is 5.96 Å². The van der Waals surface area contributed by atoms with E-state index < -0.39 is 0 Å². The molecule has 0 aromatic heterocycles. The summed E-state index contributed by atoms with van der Waals surface area (Å²) in [5.74, 6) is 1.64. The number of ether oxygens (including phenoxy) is 1. The van der Waals surface area contributed by atoms with Crippen molar-refractivity contribution in [3.8, 4) is 11.5 Å². The molecule has 6 heteroatoms. The fourth-order valence-electron chi connectivity index (χ4n) is 2.31. The van der Waals surface area contributed by atoms with Gasteiger partial charge in [0, 0.05) is 26.2 Å². The first-order valence-electron chi connectivity index (χ1n) is 7.98. The lowest BCUT2D eigenvalue weighted by Crippen LogP contribution is -2.37. The van der Waals surface area contributed by atoms with Gasteiger partial charge in [-0.05, 0) is 30.5 Å². The molecule has 0 saturated carbocycles. The maximum Gasteiger partial charge on any atom is 0.191 e. The highest BCUT2D eigenvalue weighted by Crippen LogP contribution is 2.23. The van der Waals surface area contributed by atoms with Crippen molar-refractivity contribution in [3.63, 3.8) is 0 Å². The molecule has 0 bridgehead atoms. The second-order valence-corrected chi connectivity index (χ2v) is 5.58. The highest BCUT2D eigenvalue weighted by Gasteiger charge is 2.04. The number of halogens is 1. The number of aromatic hydroxyl groups is 1. The first-order chi connectivity index (χ1) is 11.6. The molecule has 2 rings (SSSR count). The second kappa shape index (κ2) is 10.8. The molecule has 0 aliphatic heterocycles. The Morgan fingerprint density at radius 1 is 1.12 bits per heavy atom. The number of aliphatic imine (C=N–C) groups is 1. The van der Waals surface area contributed by atoms with Crippen molar-refractivity contribution >= 4 is 29.9 Å². The zero-order valence-corrected chi connectivity index (χ0v) is 17.2. The lowest BCUT2D eigenvalue weighted by atomic mass is 10.1. The Morgan fingerprint density at radius 3 is 2.44 bits per heavy atom. The van der Waals surface area contributed by atoms with Crippen LogP contribution in [0.1, 0.15) is 16.7 Å². The molecule has 0 heterocycles. The molecule has 0 unspecified atom stereocenters. The smallest absolute Gasteiger partial charge is 0.191 e. The summed E-state index contributed by atoms with van der Waals surface area (Å²) in [6.45, 7) is 3.47. The average molecular weight is 455 g/mol. The lowest BCUT2D eigenvalue weighted by Gasteiger charge is -2.13. The van der Waals surface area contributed by atoms with Crippen molar-refractivity contribution in [1.29, 1.82) is 0 Å². The number of phenolic OH excluding ortho intramolecular Hbond substituents is 1. The molecule has 0 amide bonds. The molecule has 3 N–H and O–H groups in total. The lowest BCUT2D eigenvalue weighted by molar-refractivity contribution is 0.406. The van der Waals surface area contributed by atoms with Crippen molar-refractivity contribution in [2.45, 2.75) is 19.9 Å². The molecule has 0 saturated heterocycles. The van der Waals surface area contributed by atoms with Crippen LogP contribution in [0.3, 0.4) is 0 Å². The van der Waals surface area contributed by atoms with Gasteiger partial charge in [0.25, 0.3) is 0 Å². The van der Waals surface area contributed by atoms with Gasteiger partial charge in [-0.1, -0.05) is 35.9 Å². The van der Waals surface area contributed by atoms with E-state index in [2.05, 4.69) is 46.8 Å². The summed E-state index contributed by atoms with van der Waals surface area (Å²) in [7, 11) is 3.33. The summed E-state index contributed by atoms with van der Waals surface area (Å²) in [5, 5.41) is 16.5. The molecular formula is C19H26IN3O2. The van der Waals surface area contributed by atoms with Crippen LogP contribution < -0.4 is 15.4 Å². The third-order valence-corrected chi connectivity index (χ3v) is 3.78. The van der Waals surface area contributed by atoms with Gasteiger partial charge in [-0.15, -0.1) is 24.0 Å². The Kier molecular flexibility index (Phi) is 9.12. The topological polar surface area (TPSA) is 65.9 Å². The minimum Gasteiger partial charge on any atom is -0.508 e. The van der Waals surface area contributed by atoms with Crippen LogP contribution in [0.5, 0.6) is 11.5 Å². The fourth-order valence-corrected chi connectivity index (χ4v) is 2.31. The number of methoxy groups -OCH3 is 1. The van der Waals surface area contributed by atoms with Crippen LogP contribution >= 0.6 is 24.0 Å². The van der Waals surface area contributed by atoms with Gasteiger partial charge in [-0.3, -0.25) is 4.99 Å². The molecule has 0 spiro atoms. The van der Waals surface area contributed by atoms with Crippen molar-refractivity contribution in [3.05, 3.63) is 59.2 Å². The number of nitrogens with one attached hydrogen (secondary N) is 2. The first-order valence-corrected chi connectivity index (χ1v) is 7.98. The minimum atomic E-state index is 0. The summed E-state index contributed by atoms with van der Waals surface area (Å²) in [6.07, 6.45) is 0.695. The molecule has 5 nitrogen and oxygen atoms in total. The quantitative estimate of drug-likeness (QED) is 0.356. The molecule has 2 aromatic carbocycles. The third kappa shape index (κ3) is 6.81. The van der Waals surface area contributed by atoms with Crippen molar-refractivity contribution in [2.24, 2.45) is 4.99 Å². The number of rotatable bonds is 6. The molecule has 0 atom stereocenters. The molecule has 0 aliphatic rings. The van der Waals surface area contributed by atoms with Crippen molar-refractivity contribution in [2.75, 3.05) is 20.7 Å². The molecule has 25 heavy (non-hydrogen) atoms. The second-order valence-electron chi connectivity index (χ2n) is 5.58. The monoisotopic (exact) mass is 455 g/mol. The predicted octanol–water partition coefficient (Wildman–Crippen LogP) is 3.23. The summed E-state index contributed by atoms with van der Waals surface area (Å²) in [4.78, 5) is 4.21. The maximum absolute atomic E-state index is 9.97. The van der Waals surface area contributed by atoms with Crippen molar-refractivity contribution < 1.29 is 9.84 Å². The van der Waals surface area contributed by atoms with E-state index in [4.69, 9.17) is 4.74 Å². The van der Waals surface area contributed by atoms with Gasteiger partial charge in [0.1, 0.15) is 11.5 Å². The van der Waals surface area contributed by atoms with Gasteiger partial charge in [-0.25, -0.2) is 0 Å². The third-order valence-electron chi connectivity index (χ3n) is 3.78. The standard InChI is InChI=1S/C19H25N3O2.HI/c1-14-4-6-15(7-5-14)13-22-19(20-2)21-11-10-16-8-9-17(24-3)12-18(16)23;/h4-9,12,23H,10-11,13H2,1-3H3,(H2,20,21,22);1H. The SMILES string of the molecule is CN=C(NCCc1ccc(OC)cc1O)NCc1ccc(C)cc1.I. The van der Waals surface area contributed by atoms with E-state index in [1.54, 1.807) is 20.2 Å². The minimum absolute atomic E-state index is 0. The number of aryl methyl sites for hydroxylation is 1. The Balaban J connectivity index is 0.00000312. The van der Waals surface area contributed by atoms with E-state index in [1.807, 2.05) is 12.1 Å². The van der Waals surface area contributed by atoms with Gasteiger partial charge >= 0.3 is 0 Å². The van der Waals surface area contributed by atoms with Crippen molar-refractivity contribution in [1.82, 2.24) is 10.6 Å². The number of hydrogen-bond donors (Lipinski definition) is 3. The molecule has 0 radical (unpaired) electrons. The molecular weight excluding hydrogens is 429 g/mol. The zero-order chi connectivity index (χ0) is 17.4. The Bertz CT molecular complexity index is 688. The van der Waals surface area contributed by atoms with Crippen LogP contribution in [-0.2, 0) is 13.0 Å². The zero-order valence-electron chi connectivity index (χ0n) is 14.9. The Morgan fingerprint density at radius 2 is 1.84 bits per heavy atom. The maximum atomic E-state index is 9.97.